The molecule has 0 unspecified atom stereocenters. The molecule has 5 nitrogen and oxygen atoms in total. The number of carbonyl (C=O) groups is 1. The number of allylic oxidation sites excluding steroid dienone is 1. The largest absolute Gasteiger partial charge is 0.497 e. The molecule has 0 radical (unpaired) electrons. The van der Waals surface area contributed by atoms with E-state index < -0.39 is 0 Å². The molecule has 0 aliphatic rings. The molecule has 0 aromatic heterocycles. The molecule has 0 heterocycles. The van der Waals surface area contributed by atoms with Crippen molar-refractivity contribution in [2.75, 3.05) is 19.5 Å². The lowest BCUT2D eigenvalue weighted by Gasteiger charge is -2.08. The van der Waals surface area contributed by atoms with Crippen LogP contribution in [0.5, 0.6) is 23.0 Å². The second kappa shape index (κ2) is 9.28. The molecule has 5 heteroatoms. The van der Waals surface area contributed by atoms with E-state index >= 15 is 0 Å². The van der Waals surface area contributed by atoms with Gasteiger partial charge in [0, 0.05) is 29.6 Å². The number of methoxy groups -OCH3 is 2. The number of ketones is 1. The molecule has 28 heavy (non-hydrogen) atoms. The maximum atomic E-state index is 12.1. The van der Waals surface area contributed by atoms with Crippen molar-refractivity contribution < 1.29 is 19.0 Å². The summed E-state index contributed by atoms with van der Waals surface area (Å²) in [6, 6.07) is 21.8. The topological polar surface area (TPSA) is 56.8 Å². The Morgan fingerprint density at radius 3 is 2.11 bits per heavy atom. The SMILES string of the molecule is COc1ccc(C(=O)/C=C/Nc2ccc(Oc3cccc(OC)c3)cc2)cc1. The van der Waals surface area contributed by atoms with Crippen LogP contribution in [-0.4, -0.2) is 20.0 Å². The molecule has 0 saturated heterocycles. The number of ether oxygens (including phenoxy) is 3. The van der Waals surface area contributed by atoms with Crippen molar-refractivity contribution in [1.82, 2.24) is 0 Å². The van der Waals surface area contributed by atoms with Crippen LogP contribution in [0.2, 0.25) is 0 Å². The maximum Gasteiger partial charge on any atom is 0.187 e. The number of anilines is 1. The minimum absolute atomic E-state index is 0.0897. The van der Waals surface area contributed by atoms with Crippen molar-refractivity contribution in [3.05, 3.63) is 90.6 Å². The normalized spacial score (nSPS) is 10.5. The second-order valence-electron chi connectivity index (χ2n) is 5.88. The summed E-state index contributed by atoms with van der Waals surface area (Å²) in [5, 5.41) is 3.08. The highest BCUT2D eigenvalue weighted by atomic mass is 16.5. The fourth-order valence-corrected chi connectivity index (χ4v) is 2.49. The van der Waals surface area contributed by atoms with Crippen LogP contribution in [0, 0.1) is 0 Å². The molecule has 0 aliphatic carbocycles. The smallest absolute Gasteiger partial charge is 0.187 e. The Hall–Kier alpha value is -3.73. The van der Waals surface area contributed by atoms with Crippen LogP contribution in [0.4, 0.5) is 5.69 Å². The van der Waals surface area contributed by atoms with Crippen molar-refractivity contribution in [2.24, 2.45) is 0 Å². The van der Waals surface area contributed by atoms with Gasteiger partial charge < -0.3 is 19.5 Å². The molecule has 3 aromatic rings. The van der Waals surface area contributed by atoms with Crippen LogP contribution >= 0.6 is 0 Å². The summed E-state index contributed by atoms with van der Waals surface area (Å²) in [5.41, 5.74) is 1.44. The Morgan fingerprint density at radius 1 is 0.786 bits per heavy atom. The van der Waals surface area contributed by atoms with E-state index in [0.717, 1.165) is 17.2 Å². The molecule has 0 fully saturated rings. The van der Waals surface area contributed by atoms with Gasteiger partial charge in [0.1, 0.15) is 23.0 Å². The van der Waals surface area contributed by atoms with Crippen molar-refractivity contribution in [2.45, 2.75) is 0 Å². The summed E-state index contributed by atoms with van der Waals surface area (Å²) in [6.45, 7) is 0. The van der Waals surface area contributed by atoms with E-state index in [1.54, 1.807) is 44.7 Å². The molecule has 3 rings (SSSR count). The van der Waals surface area contributed by atoms with Gasteiger partial charge >= 0.3 is 0 Å². The lowest BCUT2D eigenvalue weighted by Crippen LogP contribution is -1.96. The predicted molar refractivity (Wildman–Crippen MR) is 110 cm³/mol. The second-order valence-corrected chi connectivity index (χ2v) is 5.88. The number of nitrogens with one attached hydrogen (secondary N) is 1. The summed E-state index contributed by atoms with van der Waals surface area (Å²) in [4.78, 5) is 12.1. The van der Waals surface area contributed by atoms with E-state index in [9.17, 15) is 4.79 Å². The minimum atomic E-state index is -0.0897. The highest BCUT2D eigenvalue weighted by molar-refractivity contribution is 6.04. The van der Waals surface area contributed by atoms with E-state index in [1.165, 1.54) is 6.08 Å². The van der Waals surface area contributed by atoms with Gasteiger partial charge in [-0.1, -0.05) is 6.07 Å². The van der Waals surface area contributed by atoms with Gasteiger partial charge in [0.05, 0.1) is 14.2 Å². The molecule has 0 bridgehead atoms. The van der Waals surface area contributed by atoms with Gasteiger partial charge in [0.2, 0.25) is 0 Å². The van der Waals surface area contributed by atoms with Crippen molar-refractivity contribution in [3.63, 3.8) is 0 Å². The summed E-state index contributed by atoms with van der Waals surface area (Å²) in [7, 11) is 3.21. The highest BCUT2D eigenvalue weighted by Gasteiger charge is 2.02. The number of hydrogen-bond acceptors (Lipinski definition) is 5. The monoisotopic (exact) mass is 375 g/mol. The first-order valence-electron chi connectivity index (χ1n) is 8.71. The fourth-order valence-electron chi connectivity index (χ4n) is 2.49. The van der Waals surface area contributed by atoms with Gasteiger partial charge in [-0.3, -0.25) is 4.79 Å². The summed E-state index contributed by atoms with van der Waals surface area (Å²) in [5.74, 6) is 2.77. The van der Waals surface area contributed by atoms with Gasteiger partial charge in [-0.15, -0.1) is 0 Å². The summed E-state index contributed by atoms with van der Waals surface area (Å²) >= 11 is 0. The Bertz CT molecular complexity index is 947. The first kappa shape index (κ1) is 19.0. The zero-order valence-electron chi connectivity index (χ0n) is 15.7. The summed E-state index contributed by atoms with van der Waals surface area (Å²) in [6.07, 6.45) is 3.10. The van der Waals surface area contributed by atoms with Crippen LogP contribution in [0.25, 0.3) is 0 Å². The molecule has 0 atom stereocenters. The first-order valence-corrected chi connectivity index (χ1v) is 8.71. The molecule has 3 aromatic carbocycles. The first-order chi connectivity index (χ1) is 13.7. The maximum absolute atomic E-state index is 12.1. The van der Waals surface area contributed by atoms with Gasteiger partial charge in [0.15, 0.2) is 5.78 Å². The number of benzene rings is 3. The fraction of sp³-hybridized carbons (Fsp3) is 0.0870. The predicted octanol–water partition coefficient (Wildman–Crippen LogP) is 5.30. The zero-order valence-corrected chi connectivity index (χ0v) is 15.7. The van der Waals surface area contributed by atoms with Crippen molar-refractivity contribution in [3.8, 4) is 23.0 Å². The molecule has 0 saturated carbocycles. The number of carbonyl (C=O) groups excluding carboxylic acids is 1. The van der Waals surface area contributed by atoms with Crippen molar-refractivity contribution in [1.29, 1.82) is 0 Å². The van der Waals surface area contributed by atoms with Crippen LogP contribution in [0.15, 0.2) is 85.1 Å². The zero-order chi connectivity index (χ0) is 19.8. The third-order valence-electron chi connectivity index (χ3n) is 3.99. The molecular formula is C23H21NO4. The molecular weight excluding hydrogens is 354 g/mol. The van der Waals surface area contributed by atoms with E-state index in [0.29, 0.717) is 17.1 Å². The molecule has 0 spiro atoms. The van der Waals surface area contributed by atoms with E-state index in [1.807, 2.05) is 48.5 Å². The third kappa shape index (κ3) is 5.14. The minimum Gasteiger partial charge on any atom is -0.497 e. The average Bonchev–Trinajstić information content (AvgIpc) is 2.75. The average molecular weight is 375 g/mol. The van der Waals surface area contributed by atoms with Crippen LogP contribution in [0.1, 0.15) is 10.4 Å². The van der Waals surface area contributed by atoms with Gasteiger partial charge in [-0.2, -0.15) is 0 Å². The van der Waals surface area contributed by atoms with E-state index in [-0.39, 0.29) is 5.78 Å². The Balaban J connectivity index is 1.56. The molecule has 142 valence electrons. The van der Waals surface area contributed by atoms with Crippen LogP contribution < -0.4 is 19.5 Å². The Labute approximate surface area is 164 Å². The summed E-state index contributed by atoms with van der Waals surface area (Å²) < 4.78 is 16.1. The Morgan fingerprint density at radius 2 is 1.43 bits per heavy atom. The lowest BCUT2D eigenvalue weighted by molar-refractivity contribution is 0.104. The lowest BCUT2D eigenvalue weighted by atomic mass is 10.1. The standard InChI is InChI=1S/C23H21NO4/c1-26-19-10-6-17(7-11-19)23(25)14-15-24-18-8-12-20(13-9-18)28-22-5-3-4-21(16-22)27-2/h3-16,24H,1-2H3/b15-14+. The van der Waals surface area contributed by atoms with Crippen LogP contribution in [-0.2, 0) is 0 Å². The van der Waals surface area contributed by atoms with Gasteiger partial charge in [-0.25, -0.2) is 0 Å². The van der Waals surface area contributed by atoms with Crippen molar-refractivity contribution >= 4 is 11.5 Å². The van der Waals surface area contributed by atoms with Crippen LogP contribution in [0.3, 0.4) is 0 Å². The number of hydrogen-bond donors (Lipinski definition) is 1. The third-order valence-corrected chi connectivity index (χ3v) is 3.99. The molecule has 0 aliphatic heterocycles. The number of rotatable bonds is 8. The quantitative estimate of drug-likeness (QED) is 0.427. The Kier molecular flexibility index (Phi) is 6.31. The molecule has 1 N–H and O–H groups in total. The van der Waals surface area contributed by atoms with E-state index in [2.05, 4.69) is 5.32 Å². The van der Waals surface area contributed by atoms with Gasteiger partial charge in [0.25, 0.3) is 0 Å². The van der Waals surface area contributed by atoms with Gasteiger partial charge in [-0.05, 0) is 60.7 Å². The highest BCUT2D eigenvalue weighted by Crippen LogP contribution is 2.26. The molecule has 0 amide bonds. The van der Waals surface area contributed by atoms with E-state index in [4.69, 9.17) is 14.2 Å².